The molecule has 20 heavy (non-hydrogen) atoms. The average molecular weight is 318 g/mol. The van der Waals surface area contributed by atoms with Gasteiger partial charge in [-0.1, -0.05) is 12.1 Å². The molecule has 2 aliphatic rings. The van der Waals surface area contributed by atoms with E-state index in [-0.39, 0.29) is 0 Å². The van der Waals surface area contributed by atoms with Crippen molar-refractivity contribution in [1.82, 2.24) is 4.90 Å². The van der Waals surface area contributed by atoms with E-state index in [0.717, 1.165) is 13.1 Å². The highest BCUT2D eigenvalue weighted by Gasteiger charge is 2.32. The summed E-state index contributed by atoms with van der Waals surface area (Å²) < 4.78 is 2.75. The van der Waals surface area contributed by atoms with Crippen molar-refractivity contribution in [2.45, 2.75) is 6.92 Å². The molecule has 5 heteroatoms. The van der Waals surface area contributed by atoms with Crippen molar-refractivity contribution in [3.8, 4) is 0 Å². The number of hydrogen-bond acceptors (Lipinski definition) is 5. The third-order valence-electron chi connectivity index (χ3n) is 3.68. The fourth-order valence-electron chi connectivity index (χ4n) is 2.68. The number of amidine groups is 1. The summed E-state index contributed by atoms with van der Waals surface area (Å²) in [6.45, 7) is 4.12. The molecule has 0 spiro atoms. The van der Waals surface area contributed by atoms with E-state index in [1.165, 1.54) is 36.3 Å². The quantitative estimate of drug-likeness (QED) is 0.803. The normalized spacial score (nSPS) is 18.1. The Morgan fingerprint density at radius 2 is 2.25 bits per heavy atom. The number of aliphatic imine (C=N–C) groups is 1. The molecular weight excluding hydrogens is 304 g/mol. The first-order chi connectivity index (χ1) is 9.78. The van der Waals surface area contributed by atoms with Crippen LogP contribution >= 0.6 is 34.9 Å². The third-order valence-corrected chi connectivity index (χ3v) is 6.96. The van der Waals surface area contributed by atoms with Crippen LogP contribution in [0.15, 0.2) is 32.8 Å². The number of benzene rings is 1. The lowest BCUT2D eigenvalue weighted by atomic mass is 10.1. The van der Waals surface area contributed by atoms with E-state index in [0.29, 0.717) is 0 Å². The zero-order valence-electron chi connectivity index (χ0n) is 11.3. The maximum atomic E-state index is 4.59. The van der Waals surface area contributed by atoms with Crippen molar-refractivity contribution in [2.24, 2.45) is 4.99 Å². The Bertz CT molecular complexity index is 758. The molecule has 1 aromatic carbocycles. The fourth-order valence-corrected chi connectivity index (χ4v) is 5.58. The van der Waals surface area contributed by atoms with Crippen LogP contribution in [-0.2, 0) is 0 Å². The molecule has 0 bridgehead atoms. The minimum absolute atomic E-state index is 0.924. The summed E-state index contributed by atoms with van der Waals surface area (Å²) in [7, 11) is 0. The molecule has 0 fully saturated rings. The summed E-state index contributed by atoms with van der Waals surface area (Å²) in [6.07, 6.45) is 2.15. The van der Waals surface area contributed by atoms with Gasteiger partial charge in [-0.05, 0) is 47.3 Å². The molecule has 3 heterocycles. The van der Waals surface area contributed by atoms with Crippen LogP contribution < -0.4 is 0 Å². The van der Waals surface area contributed by atoms with Gasteiger partial charge in [0.25, 0.3) is 0 Å². The number of hydrogen-bond donors (Lipinski definition) is 0. The van der Waals surface area contributed by atoms with Gasteiger partial charge in [-0.2, -0.15) is 0 Å². The monoisotopic (exact) mass is 318 g/mol. The molecule has 1 aromatic heterocycles. The summed E-state index contributed by atoms with van der Waals surface area (Å²) in [6, 6.07) is 6.85. The molecule has 0 saturated heterocycles. The summed E-state index contributed by atoms with van der Waals surface area (Å²) in [4.78, 5) is 6.96. The van der Waals surface area contributed by atoms with Gasteiger partial charge in [-0.25, -0.2) is 0 Å². The van der Waals surface area contributed by atoms with Crippen LogP contribution in [0.1, 0.15) is 11.1 Å². The number of nitrogens with zero attached hydrogens (tertiary/aromatic N) is 2. The molecule has 0 N–H and O–H groups in total. The first-order valence-electron chi connectivity index (χ1n) is 6.54. The average Bonchev–Trinajstić information content (AvgIpc) is 3.12. The number of thiophene rings is 1. The standard InChI is InChI=1S/C15H14N2S3/c1-9-8-19-12-7-10(3-4-11(9)12)13-14(18-2)20-15-16-5-6-17(13)15/h3-4,7-8H,5-6H2,1-2H3. The predicted molar refractivity (Wildman–Crippen MR) is 93.6 cm³/mol. The highest BCUT2D eigenvalue weighted by Crippen LogP contribution is 2.46. The zero-order valence-corrected chi connectivity index (χ0v) is 13.8. The van der Waals surface area contributed by atoms with Gasteiger partial charge >= 0.3 is 0 Å². The number of fused-ring (bicyclic) bond motifs is 2. The second-order valence-electron chi connectivity index (χ2n) is 4.89. The summed E-state index contributed by atoms with van der Waals surface area (Å²) >= 11 is 5.48. The molecule has 0 radical (unpaired) electrons. The molecule has 2 nitrogen and oxygen atoms in total. The molecule has 102 valence electrons. The van der Waals surface area contributed by atoms with Crippen molar-refractivity contribution < 1.29 is 0 Å². The number of thioether (sulfide) groups is 2. The Labute approximate surface area is 131 Å². The maximum absolute atomic E-state index is 4.59. The number of aryl methyl sites for hydroxylation is 1. The Balaban J connectivity index is 1.86. The van der Waals surface area contributed by atoms with Crippen LogP contribution in [0.25, 0.3) is 15.8 Å². The largest absolute Gasteiger partial charge is 0.317 e. The van der Waals surface area contributed by atoms with Crippen LogP contribution in [0.2, 0.25) is 0 Å². The third kappa shape index (κ3) is 1.84. The van der Waals surface area contributed by atoms with E-state index < -0.39 is 0 Å². The molecule has 2 aliphatic heterocycles. The van der Waals surface area contributed by atoms with Crippen LogP contribution in [0.4, 0.5) is 0 Å². The van der Waals surface area contributed by atoms with Crippen molar-refractivity contribution >= 4 is 55.8 Å². The van der Waals surface area contributed by atoms with E-state index in [9.17, 15) is 0 Å². The second-order valence-corrected chi connectivity index (χ2v) is 7.85. The lowest BCUT2D eigenvalue weighted by molar-refractivity contribution is 0.649. The van der Waals surface area contributed by atoms with Gasteiger partial charge in [-0.15, -0.1) is 23.1 Å². The Morgan fingerprint density at radius 1 is 1.35 bits per heavy atom. The SMILES string of the molecule is CSC1=C(c2ccc3c(C)csc3c2)N2CCN=C2S1. The summed E-state index contributed by atoms with van der Waals surface area (Å²) in [5.74, 6) is 0. The summed E-state index contributed by atoms with van der Waals surface area (Å²) in [5, 5.41) is 4.79. The summed E-state index contributed by atoms with van der Waals surface area (Å²) in [5.41, 5.74) is 4.05. The molecule has 0 amide bonds. The van der Waals surface area contributed by atoms with Crippen LogP contribution in [0.3, 0.4) is 0 Å². The smallest absolute Gasteiger partial charge is 0.169 e. The Morgan fingerprint density at radius 3 is 3.10 bits per heavy atom. The van der Waals surface area contributed by atoms with Crippen molar-refractivity contribution in [3.05, 3.63) is 38.9 Å². The van der Waals surface area contributed by atoms with Crippen molar-refractivity contribution in [3.63, 3.8) is 0 Å². The Hall–Kier alpha value is -0.910. The minimum Gasteiger partial charge on any atom is -0.317 e. The van der Waals surface area contributed by atoms with Crippen LogP contribution in [0, 0.1) is 6.92 Å². The van der Waals surface area contributed by atoms with Crippen molar-refractivity contribution in [1.29, 1.82) is 0 Å². The molecule has 0 saturated carbocycles. The lowest BCUT2D eigenvalue weighted by Crippen LogP contribution is -2.19. The highest BCUT2D eigenvalue weighted by molar-refractivity contribution is 8.30. The molecule has 0 unspecified atom stereocenters. The van der Waals surface area contributed by atoms with Crippen molar-refractivity contribution in [2.75, 3.05) is 19.3 Å². The topological polar surface area (TPSA) is 15.6 Å². The lowest BCUT2D eigenvalue weighted by Gasteiger charge is -2.17. The van der Waals surface area contributed by atoms with Gasteiger partial charge in [0.2, 0.25) is 0 Å². The van der Waals surface area contributed by atoms with E-state index in [2.05, 4.69) is 46.7 Å². The first kappa shape index (κ1) is 12.8. The van der Waals surface area contributed by atoms with Crippen LogP contribution in [-0.4, -0.2) is 29.4 Å². The van der Waals surface area contributed by atoms with Gasteiger partial charge in [-0.3, -0.25) is 4.99 Å². The fraction of sp³-hybridized carbons (Fsp3) is 0.267. The predicted octanol–water partition coefficient (Wildman–Crippen LogP) is 4.62. The van der Waals surface area contributed by atoms with Gasteiger partial charge in [0.1, 0.15) is 0 Å². The zero-order chi connectivity index (χ0) is 13.7. The molecule has 0 aliphatic carbocycles. The van der Waals surface area contributed by atoms with Gasteiger partial charge in [0.15, 0.2) is 5.17 Å². The van der Waals surface area contributed by atoms with E-state index in [1.54, 1.807) is 0 Å². The first-order valence-corrected chi connectivity index (χ1v) is 9.46. The van der Waals surface area contributed by atoms with E-state index in [1.807, 2.05) is 34.9 Å². The van der Waals surface area contributed by atoms with Gasteiger partial charge < -0.3 is 4.90 Å². The number of rotatable bonds is 2. The second kappa shape index (κ2) is 4.83. The van der Waals surface area contributed by atoms with Crippen LogP contribution in [0.5, 0.6) is 0 Å². The Kier molecular flexibility index (Phi) is 3.09. The van der Waals surface area contributed by atoms with Gasteiger partial charge in [0, 0.05) is 16.8 Å². The van der Waals surface area contributed by atoms with E-state index in [4.69, 9.17) is 0 Å². The molecule has 2 aromatic rings. The minimum atomic E-state index is 0.924. The maximum Gasteiger partial charge on any atom is 0.169 e. The molecule has 4 rings (SSSR count). The molecule has 0 atom stereocenters. The molecular formula is C15H14N2S3. The van der Waals surface area contributed by atoms with E-state index >= 15 is 0 Å². The van der Waals surface area contributed by atoms with Gasteiger partial charge in [0.05, 0.1) is 16.5 Å². The highest BCUT2D eigenvalue weighted by atomic mass is 32.2.